The van der Waals surface area contributed by atoms with E-state index in [2.05, 4.69) is 0 Å². The van der Waals surface area contributed by atoms with Crippen LogP contribution in [0.3, 0.4) is 0 Å². The fourth-order valence-electron chi connectivity index (χ4n) is 1.92. The van der Waals surface area contributed by atoms with Gasteiger partial charge in [0.15, 0.2) is 0 Å². The molecule has 0 heterocycles. The fourth-order valence-corrected chi connectivity index (χ4v) is 2.60. The summed E-state index contributed by atoms with van der Waals surface area (Å²) in [5, 5.41) is 1.52. The van der Waals surface area contributed by atoms with Crippen LogP contribution in [0.25, 0.3) is 0 Å². The summed E-state index contributed by atoms with van der Waals surface area (Å²) in [5.74, 6) is 1.10. The highest BCUT2D eigenvalue weighted by molar-refractivity contribution is 6.35. The first kappa shape index (κ1) is 16.4. The van der Waals surface area contributed by atoms with E-state index >= 15 is 0 Å². The van der Waals surface area contributed by atoms with Gasteiger partial charge < -0.3 is 10.5 Å². The number of para-hydroxylation sites is 1. The van der Waals surface area contributed by atoms with Crippen molar-refractivity contribution in [1.29, 1.82) is 0 Å². The lowest BCUT2D eigenvalue weighted by Crippen LogP contribution is -2.21. The number of halogens is 3. The Hall–Kier alpha value is -0.930. The van der Waals surface area contributed by atoms with Crippen LogP contribution in [-0.4, -0.2) is 6.04 Å². The molecule has 2 rings (SSSR count). The monoisotopic (exact) mass is 343 g/mol. The summed E-state index contributed by atoms with van der Waals surface area (Å²) in [6.07, 6.45) is 1.57. The average Bonchev–Trinajstić information content (AvgIpc) is 2.44. The summed E-state index contributed by atoms with van der Waals surface area (Å²) < 4.78 is 5.89. The van der Waals surface area contributed by atoms with Gasteiger partial charge in [0.25, 0.3) is 0 Å². The zero-order valence-corrected chi connectivity index (χ0v) is 13.8. The van der Waals surface area contributed by atoms with E-state index in [1.165, 1.54) is 0 Å². The second-order valence-electron chi connectivity index (χ2n) is 4.78. The summed E-state index contributed by atoms with van der Waals surface area (Å²) in [7, 11) is 0. The maximum absolute atomic E-state index is 6.25. The minimum atomic E-state index is 0.0616. The fraction of sp³-hybridized carbons (Fsp3) is 0.250. The van der Waals surface area contributed by atoms with Crippen molar-refractivity contribution in [3.63, 3.8) is 0 Å². The molecule has 0 aliphatic heterocycles. The van der Waals surface area contributed by atoms with E-state index in [1.807, 2.05) is 19.1 Å². The zero-order chi connectivity index (χ0) is 15.4. The second-order valence-corrected chi connectivity index (χ2v) is 6.03. The summed E-state index contributed by atoms with van der Waals surface area (Å²) in [5.41, 5.74) is 6.99. The number of benzene rings is 2. The molecule has 0 aliphatic carbocycles. The highest BCUT2D eigenvalue weighted by atomic mass is 35.5. The van der Waals surface area contributed by atoms with Gasteiger partial charge >= 0.3 is 0 Å². The molecular weight excluding hydrogens is 329 g/mol. The Morgan fingerprint density at radius 2 is 1.86 bits per heavy atom. The van der Waals surface area contributed by atoms with E-state index in [-0.39, 0.29) is 6.04 Å². The predicted molar refractivity (Wildman–Crippen MR) is 90.0 cm³/mol. The van der Waals surface area contributed by atoms with E-state index in [9.17, 15) is 0 Å². The third kappa shape index (κ3) is 4.27. The van der Waals surface area contributed by atoms with Gasteiger partial charge in [-0.05, 0) is 42.7 Å². The molecule has 2 N–H and O–H groups in total. The molecular formula is C16H16Cl3NO. The van der Waals surface area contributed by atoms with Crippen LogP contribution in [0.5, 0.6) is 11.5 Å². The molecule has 0 aliphatic rings. The highest BCUT2D eigenvalue weighted by Crippen LogP contribution is 2.37. The molecule has 1 atom stereocenters. The van der Waals surface area contributed by atoms with Crippen LogP contribution in [-0.2, 0) is 6.42 Å². The second kappa shape index (κ2) is 7.37. The molecule has 0 saturated heterocycles. The van der Waals surface area contributed by atoms with E-state index in [0.717, 1.165) is 12.0 Å². The molecule has 0 fully saturated rings. The summed E-state index contributed by atoms with van der Waals surface area (Å²) in [6, 6.07) is 10.8. The van der Waals surface area contributed by atoms with Gasteiger partial charge in [-0.1, -0.05) is 53.9 Å². The highest BCUT2D eigenvalue weighted by Gasteiger charge is 2.14. The van der Waals surface area contributed by atoms with Crippen molar-refractivity contribution in [2.45, 2.75) is 25.8 Å². The molecule has 0 bridgehead atoms. The number of nitrogens with two attached hydrogens (primary N) is 1. The maximum atomic E-state index is 6.25. The lowest BCUT2D eigenvalue weighted by Gasteiger charge is -2.16. The van der Waals surface area contributed by atoms with Gasteiger partial charge in [0.05, 0.1) is 10.0 Å². The van der Waals surface area contributed by atoms with E-state index < -0.39 is 0 Å². The van der Waals surface area contributed by atoms with Crippen LogP contribution in [0.1, 0.15) is 18.9 Å². The molecule has 5 heteroatoms. The number of hydrogen-bond acceptors (Lipinski definition) is 2. The van der Waals surface area contributed by atoms with Gasteiger partial charge in [0.2, 0.25) is 0 Å². The third-order valence-electron chi connectivity index (χ3n) is 3.16. The van der Waals surface area contributed by atoms with E-state index in [1.54, 1.807) is 24.3 Å². The Balaban J connectivity index is 2.34. The third-order valence-corrected chi connectivity index (χ3v) is 3.99. The van der Waals surface area contributed by atoms with Gasteiger partial charge in [-0.2, -0.15) is 0 Å². The standard InChI is InChI=1S/C16H16Cl3NO/c1-2-12(20)8-10-4-3-5-13(18)16(10)21-15-7-6-11(17)9-14(15)19/h3-7,9,12H,2,8,20H2,1H3. The first-order valence-corrected chi connectivity index (χ1v) is 7.80. The van der Waals surface area contributed by atoms with Crippen molar-refractivity contribution in [3.05, 3.63) is 57.0 Å². The first-order valence-electron chi connectivity index (χ1n) is 6.67. The van der Waals surface area contributed by atoms with Crippen molar-refractivity contribution < 1.29 is 4.74 Å². The summed E-state index contributed by atoms with van der Waals surface area (Å²) >= 11 is 18.3. The normalized spacial score (nSPS) is 12.2. The van der Waals surface area contributed by atoms with Crippen LogP contribution in [0.2, 0.25) is 15.1 Å². The molecule has 112 valence electrons. The zero-order valence-electron chi connectivity index (χ0n) is 11.6. The number of hydrogen-bond donors (Lipinski definition) is 1. The predicted octanol–water partition coefficient (Wildman–Crippen LogP) is 5.72. The molecule has 1 unspecified atom stereocenters. The topological polar surface area (TPSA) is 35.2 Å². The summed E-state index contributed by atoms with van der Waals surface area (Å²) in [4.78, 5) is 0. The van der Waals surface area contributed by atoms with E-state index in [0.29, 0.717) is 33.0 Å². The van der Waals surface area contributed by atoms with Crippen LogP contribution >= 0.6 is 34.8 Å². The average molecular weight is 345 g/mol. The molecule has 2 aromatic rings. The Bertz CT molecular complexity index is 631. The molecule has 2 aromatic carbocycles. The Kier molecular flexibility index (Phi) is 5.77. The van der Waals surface area contributed by atoms with Crippen molar-refractivity contribution >= 4 is 34.8 Å². The van der Waals surface area contributed by atoms with Crippen molar-refractivity contribution in [2.75, 3.05) is 0 Å². The lowest BCUT2D eigenvalue weighted by molar-refractivity contribution is 0.472. The number of rotatable bonds is 5. The molecule has 0 spiro atoms. The smallest absolute Gasteiger partial charge is 0.149 e. The van der Waals surface area contributed by atoms with Gasteiger partial charge in [0.1, 0.15) is 11.5 Å². The quantitative estimate of drug-likeness (QED) is 0.753. The molecule has 21 heavy (non-hydrogen) atoms. The Labute approximate surface area is 139 Å². The Morgan fingerprint density at radius 1 is 1.10 bits per heavy atom. The molecule has 2 nitrogen and oxygen atoms in total. The Morgan fingerprint density at radius 3 is 2.52 bits per heavy atom. The van der Waals surface area contributed by atoms with Crippen LogP contribution < -0.4 is 10.5 Å². The first-order chi connectivity index (χ1) is 10.0. The molecule has 0 radical (unpaired) electrons. The molecule has 0 saturated carbocycles. The van der Waals surface area contributed by atoms with Crippen molar-refractivity contribution in [3.8, 4) is 11.5 Å². The maximum Gasteiger partial charge on any atom is 0.149 e. The van der Waals surface area contributed by atoms with Gasteiger partial charge in [-0.3, -0.25) is 0 Å². The van der Waals surface area contributed by atoms with Crippen LogP contribution in [0.15, 0.2) is 36.4 Å². The molecule has 0 amide bonds. The van der Waals surface area contributed by atoms with Crippen molar-refractivity contribution in [1.82, 2.24) is 0 Å². The minimum Gasteiger partial charge on any atom is -0.454 e. The largest absolute Gasteiger partial charge is 0.454 e. The number of ether oxygens (including phenoxy) is 1. The lowest BCUT2D eigenvalue weighted by atomic mass is 10.0. The van der Waals surface area contributed by atoms with E-state index in [4.69, 9.17) is 45.3 Å². The van der Waals surface area contributed by atoms with Crippen LogP contribution in [0.4, 0.5) is 0 Å². The van der Waals surface area contributed by atoms with Crippen molar-refractivity contribution in [2.24, 2.45) is 5.73 Å². The van der Waals surface area contributed by atoms with Crippen LogP contribution in [0, 0.1) is 0 Å². The summed E-state index contributed by atoms with van der Waals surface area (Å²) in [6.45, 7) is 2.05. The minimum absolute atomic E-state index is 0.0616. The van der Waals surface area contributed by atoms with Gasteiger partial charge in [-0.25, -0.2) is 0 Å². The SMILES string of the molecule is CCC(N)Cc1cccc(Cl)c1Oc1ccc(Cl)cc1Cl. The molecule has 0 aromatic heterocycles. The van der Waals surface area contributed by atoms with Gasteiger partial charge in [0, 0.05) is 11.1 Å². The van der Waals surface area contributed by atoms with Gasteiger partial charge in [-0.15, -0.1) is 0 Å².